The van der Waals surface area contributed by atoms with Crippen molar-refractivity contribution in [3.05, 3.63) is 169 Å². The molecule has 0 saturated carbocycles. The van der Waals surface area contributed by atoms with Crippen molar-refractivity contribution < 1.29 is 4.74 Å². The molecular weight excluding hydrogens is 619 g/mol. The van der Waals surface area contributed by atoms with Crippen molar-refractivity contribution in [2.75, 3.05) is 0 Å². The minimum atomic E-state index is 0.592. The molecule has 0 radical (unpaired) electrons. The van der Waals surface area contributed by atoms with Gasteiger partial charge in [0.1, 0.15) is 11.5 Å². The van der Waals surface area contributed by atoms with Crippen LogP contribution in [-0.2, 0) is 0 Å². The lowest BCUT2D eigenvalue weighted by Gasteiger charge is -2.23. The van der Waals surface area contributed by atoms with E-state index in [4.69, 9.17) is 4.74 Å². The Kier molecular flexibility index (Phi) is 5.77. The lowest BCUT2D eigenvalue weighted by Crippen LogP contribution is -1.98. The van der Waals surface area contributed by atoms with Crippen LogP contribution in [0.1, 0.15) is 5.56 Å². The van der Waals surface area contributed by atoms with E-state index in [0.717, 1.165) is 33.4 Å². The molecule has 0 saturated heterocycles. The highest BCUT2D eigenvalue weighted by atomic mass is 16.5. The molecule has 0 N–H and O–H groups in total. The van der Waals surface area contributed by atoms with Gasteiger partial charge in [-0.05, 0) is 112 Å². The lowest BCUT2D eigenvalue weighted by atomic mass is 9.84. The van der Waals surface area contributed by atoms with Gasteiger partial charge >= 0.3 is 0 Å². The summed E-state index contributed by atoms with van der Waals surface area (Å²) < 4.78 is 6.42. The number of ether oxygens (including phenoxy) is 1. The third-order valence-corrected chi connectivity index (χ3v) is 10.9. The van der Waals surface area contributed by atoms with Gasteiger partial charge < -0.3 is 4.74 Å². The van der Waals surface area contributed by atoms with E-state index in [2.05, 4.69) is 146 Å². The fourth-order valence-electron chi connectivity index (χ4n) is 8.61. The summed E-state index contributed by atoms with van der Waals surface area (Å²) >= 11 is 0. The molecule has 2 nitrogen and oxygen atoms in total. The second-order valence-corrected chi connectivity index (χ2v) is 13.5. The maximum atomic E-state index is 9.49. The predicted molar refractivity (Wildman–Crippen MR) is 212 cm³/mol. The lowest BCUT2D eigenvalue weighted by molar-refractivity contribution is 0.487. The molecule has 1 aliphatic heterocycles. The molecule has 0 atom stereocenters. The molecule has 0 unspecified atom stereocenters. The van der Waals surface area contributed by atoms with Gasteiger partial charge in [-0.2, -0.15) is 5.26 Å². The van der Waals surface area contributed by atoms with E-state index in [0.29, 0.717) is 5.56 Å². The fraction of sp³-hybridized carbons (Fsp3) is 0. The summed E-state index contributed by atoms with van der Waals surface area (Å²) in [6, 6.07) is 61.1. The molecule has 10 aromatic carbocycles. The van der Waals surface area contributed by atoms with Crippen molar-refractivity contribution in [3.63, 3.8) is 0 Å². The summed E-state index contributed by atoms with van der Waals surface area (Å²) in [5.74, 6) is 1.54. The van der Waals surface area contributed by atoms with Crippen LogP contribution < -0.4 is 4.74 Å². The molecule has 0 fully saturated rings. The van der Waals surface area contributed by atoms with Crippen molar-refractivity contribution >= 4 is 53.9 Å². The number of hydrogen-bond donors (Lipinski definition) is 0. The number of nitriles is 1. The highest BCUT2D eigenvalue weighted by molar-refractivity contribution is 6.28. The summed E-state index contributed by atoms with van der Waals surface area (Å²) in [6.07, 6.45) is 0. The average molecular weight is 646 g/mol. The molecule has 0 aromatic heterocycles. The van der Waals surface area contributed by atoms with Crippen LogP contribution in [0.4, 0.5) is 0 Å². The molecule has 0 amide bonds. The predicted octanol–water partition coefficient (Wildman–Crippen LogP) is 13.5. The first-order valence-electron chi connectivity index (χ1n) is 17.3. The van der Waals surface area contributed by atoms with Crippen molar-refractivity contribution in [1.82, 2.24) is 0 Å². The summed E-state index contributed by atoms with van der Waals surface area (Å²) in [7, 11) is 0. The molecular formula is C49H27NO. The monoisotopic (exact) mass is 645 g/mol. The zero-order valence-electron chi connectivity index (χ0n) is 27.4. The highest BCUT2D eigenvalue weighted by Crippen LogP contribution is 2.50. The molecule has 10 aromatic rings. The summed E-state index contributed by atoms with van der Waals surface area (Å²) in [5.41, 5.74) is 10.0. The zero-order chi connectivity index (χ0) is 33.6. The molecule has 1 heterocycles. The summed E-state index contributed by atoms with van der Waals surface area (Å²) in [6.45, 7) is 0. The fourth-order valence-corrected chi connectivity index (χ4v) is 8.61. The van der Waals surface area contributed by atoms with Crippen molar-refractivity contribution in [3.8, 4) is 62.1 Å². The molecule has 1 aliphatic rings. The minimum Gasteiger partial charge on any atom is -0.456 e. The SMILES string of the molecule is N#Cc1ccc2c(c1)Oc1cccc3c(-c4ccc(-c5ccc6ccc7c(-c8ccccc8)ccc8ccc5c6c87)c5ccccc45)ccc-2c13. The summed E-state index contributed by atoms with van der Waals surface area (Å²) in [4.78, 5) is 0. The van der Waals surface area contributed by atoms with Crippen LogP contribution in [0.15, 0.2) is 164 Å². The van der Waals surface area contributed by atoms with E-state index in [1.807, 2.05) is 24.3 Å². The van der Waals surface area contributed by atoms with Crippen LogP contribution in [0.3, 0.4) is 0 Å². The van der Waals surface area contributed by atoms with E-state index in [1.54, 1.807) is 0 Å². The number of benzene rings is 10. The molecule has 11 rings (SSSR count). The maximum Gasteiger partial charge on any atom is 0.136 e. The Morgan fingerprint density at radius 1 is 0.353 bits per heavy atom. The van der Waals surface area contributed by atoms with Gasteiger partial charge in [-0.15, -0.1) is 0 Å². The second kappa shape index (κ2) is 10.5. The van der Waals surface area contributed by atoms with Crippen LogP contribution in [0, 0.1) is 11.3 Å². The second-order valence-electron chi connectivity index (χ2n) is 13.5. The van der Waals surface area contributed by atoms with Crippen LogP contribution >= 0.6 is 0 Å². The Balaban J connectivity index is 1.13. The normalized spacial score (nSPS) is 12.1. The number of rotatable bonds is 3. The van der Waals surface area contributed by atoms with E-state index >= 15 is 0 Å². The molecule has 51 heavy (non-hydrogen) atoms. The van der Waals surface area contributed by atoms with Gasteiger partial charge in [0.25, 0.3) is 0 Å². The Morgan fingerprint density at radius 2 is 0.863 bits per heavy atom. The number of fused-ring (bicyclic) bond motifs is 3. The first kappa shape index (κ1) is 27.9. The van der Waals surface area contributed by atoms with Gasteiger partial charge in [0, 0.05) is 10.9 Å². The quantitative estimate of drug-likeness (QED) is 0.179. The molecule has 0 bridgehead atoms. The van der Waals surface area contributed by atoms with Crippen molar-refractivity contribution in [2.45, 2.75) is 0 Å². The van der Waals surface area contributed by atoms with Gasteiger partial charge in [-0.25, -0.2) is 0 Å². The van der Waals surface area contributed by atoms with Gasteiger partial charge in [-0.1, -0.05) is 140 Å². The number of nitrogens with zero attached hydrogens (tertiary/aromatic N) is 1. The smallest absolute Gasteiger partial charge is 0.136 e. The first-order chi connectivity index (χ1) is 25.2. The van der Waals surface area contributed by atoms with E-state index in [-0.39, 0.29) is 0 Å². The maximum absolute atomic E-state index is 9.49. The van der Waals surface area contributed by atoms with E-state index < -0.39 is 0 Å². The van der Waals surface area contributed by atoms with Crippen molar-refractivity contribution in [2.24, 2.45) is 0 Å². The van der Waals surface area contributed by atoms with Crippen LogP contribution in [0.25, 0.3) is 98.4 Å². The van der Waals surface area contributed by atoms with Gasteiger partial charge in [0.15, 0.2) is 0 Å². The molecule has 234 valence electrons. The van der Waals surface area contributed by atoms with Gasteiger partial charge in [0.2, 0.25) is 0 Å². The molecule has 2 heteroatoms. The molecule has 0 aliphatic carbocycles. The third kappa shape index (κ3) is 3.98. The first-order valence-corrected chi connectivity index (χ1v) is 17.3. The topological polar surface area (TPSA) is 33.0 Å². The summed E-state index contributed by atoms with van der Waals surface area (Å²) in [5, 5.41) is 21.9. The third-order valence-electron chi connectivity index (χ3n) is 10.9. The van der Waals surface area contributed by atoms with Crippen molar-refractivity contribution in [1.29, 1.82) is 5.26 Å². The minimum absolute atomic E-state index is 0.592. The van der Waals surface area contributed by atoms with Gasteiger partial charge in [-0.3, -0.25) is 0 Å². The largest absolute Gasteiger partial charge is 0.456 e. The average Bonchev–Trinajstić information content (AvgIpc) is 3.20. The number of hydrogen-bond acceptors (Lipinski definition) is 2. The van der Waals surface area contributed by atoms with E-state index in [9.17, 15) is 5.26 Å². The zero-order valence-corrected chi connectivity index (χ0v) is 27.4. The Labute approximate surface area is 294 Å². The molecule has 0 spiro atoms. The Hall–Kier alpha value is -6.95. The van der Waals surface area contributed by atoms with Crippen LogP contribution in [-0.4, -0.2) is 0 Å². The Morgan fingerprint density at radius 3 is 1.55 bits per heavy atom. The highest BCUT2D eigenvalue weighted by Gasteiger charge is 2.23. The Bertz CT molecular complexity index is 3110. The van der Waals surface area contributed by atoms with Crippen LogP contribution in [0.5, 0.6) is 11.5 Å². The van der Waals surface area contributed by atoms with E-state index in [1.165, 1.54) is 76.5 Å². The standard InChI is InChI=1S/C49H27NO/c50-28-29-13-18-40-44-26-25-39(41-11-6-12-45(49(41)44)51-46(40)27-29)37-24-23-36(34-9-4-5-10-35(34)37)38-20-15-32-16-21-42-33(30-7-2-1-3-8-30)19-14-31-17-22-43(38)48(32)47(31)42/h1-27H. The van der Waals surface area contributed by atoms with Gasteiger partial charge in [0.05, 0.1) is 11.6 Å². The van der Waals surface area contributed by atoms with Crippen LogP contribution in [0.2, 0.25) is 0 Å².